The normalized spacial score (nSPS) is 11.1. The molecule has 1 heterocycles. The van der Waals surface area contributed by atoms with Gasteiger partial charge in [0, 0.05) is 11.5 Å². The number of aryl methyl sites for hydroxylation is 1. The van der Waals surface area contributed by atoms with E-state index in [9.17, 15) is 0 Å². The van der Waals surface area contributed by atoms with Crippen molar-refractivity contribution in [1.29, 1.82) is 0 Å². The van der Waals surface area contributed by atoms with Gasteiger partial charge in [0.05, 0.1) is 11.7 Å². The van der Waals surface area contributed by atoms with Crippen LogP contribution in [0.1, 0.15) is 44.8 Å². The molecule has 0 atom stereocenters. The summed E-state index contributed by atoms with van der Waals surface area (Å²) >= 11 is 3.44. The van der Waals surface area contributed by atoms with Crippen molar-refractivity contribution >= 4 is 15.9 Å². The highest BCUT2D eigenvalue weighted by molar-refractivity contribution is 9.09. The Hall–Kier alpha value is -0.310. The van der Waals surface area contributed by atoms with Gasteiger partial charge >= 0.3 is 0 Å². The summed E-state index contributed by atoms with van der Waals surface area (Å²) in [5.41, 5.74) is 1.22. The second kappa shape index (κ2) is 6.23. The molecule has 0 saturated carbocycles. The van der Waals surface area contributed by atoms with Crippen molar-refractivity contribution in [2.75, 3.05) is 5.33 Å². The summed E-state index contributed by atoms with van der Waals surface area (Å²) in [6.45, 7) is 4.43. The van der Waals surface area contributed by atoms with Crippen LogP contribution in [-0.4, -0.2) is 15.1 Å². The monoisotopic (exact) mass is 258 g/mol. The summed E-state index contributed by atoms with van der Waals surface area (Å²) in [4.78, 5) is 0. The number of alkyl halides is 1. The van der Waals surface area contributed by atoms with E-state index in [-0.39, 0.29) is 0 Å². The maximum atomic E-state index is 4.59. The molecule has 1 aromatic rings. The fourth-order valence-corrected chi connectivity index (χ4v) is 1.91. The molecule has 0 N–H and O–H groups in total. The summed E-state index contributed by atoms with van der Waals surface area (Å²) in [7, 11) is 0. The molecule has 0 radical (unpaired) electrons. The van der Waals surface area contributed by atoms with Crippen LogP contribution in [0.25, 0.3) is 0 Å². The van der Waals surface area contributed by atoms with Gasteiger partial charge in [-0.15, -0.1) is 0 Å². The highest BCUT2D eigenvalue weighted by Crippen LogP contribution is 2.14. The van der Waals surface area contributed by atoms with Gasteiger partial charge in [0.2, 0.25) is 0 Å². The van der Waals surface area contributed by atoms with E-state index in [2.05, 4.69) is 51.8 Å². The smallest absolute Gasteiger partial charge is 0.0625 e. The van der Waals surface area contributed by atoms with Crippen molar-refractivity contribution in [3.63, 3.8) is 0 Å². The number of aromatic nitrogens is 2. The predicted octanol–water partition coefficient (Wildman–Crippen LogP) is 3.57. The van der Waals surface area contributed by atoms with Gasteiger partial charge in [-0.25, -0.2) is 0 Å². The molecule has 14 heavy (non-hydrogen) atoms. The minimum Gasteiger partial charge on any atom is -0.269 e. The van der Waals surface area contributed by atoms with Gasteiger partial charge in [-0.1, -0.05) is 29.8 Å². The molecule has 0 aliphatic rings. The summed E-state index contributed by atoms with van der Waals surface area (Å²) in [6.07, 6.45) is 6.69. The Morgan fingerprint density at radius 3 is 2.71 bits per heavy atom. The molecule has 0 aliphatic heterocycles. The van der Waals surface area contributed by atoms with E-state index in [4.69, 9.17) is 0 Å². The lowest BCUT2D eigenvalue weighted by Crippen LogP contribution is -2.07. The van der Waals surface area contributed by atoms with Crippen molar-refractivity contribution in [3.8, 4) is 0 Å². The van der Waals surface area contributed by atoms with Gasteiger partial charge < -0.3 is 0 Å². The number of hydrogen-bond donors (Lipinski definition) is 0. The van der Waals surface area contributed by atoms with Crippen LogP contribution in [0.3, 0.4) is 0 Å². The third kappa shape index (κ3) is 3.12. The van der Waals surface area contributed by atoms with Crippen LogP contribution in [-0.2, 0) is 6.42 Å². The van der Waals surface area contributed by atoms with E-state index in [0.717, 1.165) is 24.6 Å². The van der Waals surface area contributed by atoms with Gasteiger partial charge in [-0.3, -0.25) is 4.68 Å². The van der Waals surface area contributed by atoms with Crippen LogP contribution in [0.4, 0.5) is 0 Å². The zero-order valence-corrected chi connectivity index (χ0v) is 10.6. The Morgan fingerprint density at radius 2 is 2.14 bits per heavy atom. The van der Waals surface area contributed by atoms with Gasteiger partial charge in [-0.2, -0.15) is 5.10 Å². The van der Waals surface area contributed by atoms with Crippen molar-refractivity contribution < 1.29 is 0 Å². The quantitative estimate of drug-likeness (QED) is 0.714. The minimum atomic E-state index is 0.577. The van der Waals surface area contributed by atoms with E-state index in [1.165, 1.54) is 12.1 Å². The van der Waals surface area contributed by atoms with Crippen molar-refractivity contribution in [3.05, 3.63) is 18.0 Å². The maximum Gasteiger partial charge on any atom is 0.0625 e. The summed E-state index contributed by atoms with van der Waals surface area (Å²) in [5.74, 6) is 0. The van der Waals surface area contributed by atoms with Gasteiger partial charge in [0.15, 0.2) is 0 Å². The molecule has 0 spiro atoms. The highest BCUT2D eigenvalue weighted by Gasteiger charge is 2.07. The van der Waals surface area contributed by atoms with E-state index in [0.29, 0.717) is 6.04 Å². The number of nitrogens with zero attached hydrogens (tertiary/aromatic N) is 2. The topological polar surface area (TPSA) is 17.8 Å². The highest BCUT2D eigenvalue weighted by atomic mass is 79.9. The average Bonchev–Trinajstić information content (AvgIpc) is 2.65. The summed E-state index contributed by atoms with van der Waals surface area (Å²) in [6, 6.07) is 2.72. The number of halogens is 1. The van der Waals surface area contributed by atoms with Crippen molar-refractivity contribution in [2.24, 2.45) is 0 Å². The number of rotatable bonds is 6. The SMILES string of the molecule is CCC(CC)n1ccc(CCCBr)n1. The van der Waals surface area contributed by atoms with Crippen LogP contribution >= 0.6 is 15.9 Å². The molecule has 0 unspecified atom stereocenters. The van der Waals surface area contributed by atoms with Crippen molar-refractivity contribution in [1.82, 2.24) is 9.78 Å². The molecule has 80 valence electrons. The average molecular weight is 259 g/mol. The molecule has 3 heteroatoms. The molecule has 1 aromatic heterocycles. The fraction of sp³-hybridized carbons (Fsp3) is 0.727. The van der Waals surface area contributed by atoms with E-state index in [1.807, 2.05) is 0 Å². The van der Waals surface area contributed by atoms with Crippen LogP contribution in [0.15, 0.2) is 12.3 Å². The van der Waals surface area contributed by atoms with Crippen LogP contribution in [0, 0.1) is 0 Å². The lowest BCUT2D eigenvalue weighted by Gasteiger charge is -2.12. The Labute approximate surface area is 94.8 Å². The predicted molar refractivity (Wildman–Crippen MR) is 64.0 cm³/mol. The first-order valence-corrected chi connectivity index (χ1v) is 6.54. The molecule has 0 amide bonds. The lowest BCUT2D eigenvalue weighted by molar-refractivity contribution is 0.425. The Bertz CT molecular complexity index is 254. The third-order valence-electron chi connectivity index (χ3n) is 2.55. The molecule has 0 aromatic carbocycles. The zero-order valence-electron chi connectivity index (χ0n) is 9.04. The first-order chi connectivity index (χ1) is 6.81. The summed E-state index contributed by atoms with van der Waals surface area (Å²) in [5, 5.41) is 5.65. The first kappa shape index (κ1) is 11.8. The zero-order chi connectivity index (χ0) is 10.4. The minimum absolute atomic E-state index is 0.577. The maximum absolute atomic E-state index is 4.59. The molecule has 0 aliphatic carbocycles. The lowest BCUT2D eigenvalue weighted by atomic mass is 10.2. The second-order valence-corrected chi connectivity index (χ2v) is 4.34. The molecule has 0 saturated heterocycles. The van der Waals surface area contributed by atoms with Crippen molar-refractivity contribution in [2.45, 2.75) is 45.6 Å². The summed E-state index contributed by atoms with van der Waals surface area (Å²) < 4.78 is 2.11. The molecule has 0 bridgehead atoms. The molecule has 1 rings (SSSR count). The first-order valence-electron chi connectivity index (χ1n) is 5.41. The van der Waals surface area contributed by atoms with Gasteiger partial charge in [-0.05, 0) is 31.7 Å². The molecular formula is C11H19BrN2. The third-order valence-corrected chi connectivity index (χ3v) is 3.11. The van der Waals surface area contributed by atoms with Crippen LogP contribution in [0.5, 0.6) is 0 Å². The van der Waals surface area contributed by atoms with E-state index < -0.39 is 0 Å². The number of hydrogen-bond acceptors (Lipinski definition) is 1. The Morgan fingerprint density at radius 1 is 1.43 bits per heavy atom. The van der Waals surface area contributed by atoms with E-state index >= 15 is 0 Å². The Kier molecular flexibility index (Phi) is 5.23. The molecule has 0 fully saturated rings. The molecule has 2 nitrogen and oxygen atoms in total. The van der Waals surface area contributed by atoms with Gasteiger partial charge in [0.1, 0.15) is 0 Å². The Balaban J connectivity index is 2.57. The largest absolute Gasteiger partial charge is 0.269 e. The van der Waals surface area contributed by atoms with Crippen LogP contribution < -0.4 is 0 Å². The van der Waals surface area contributed by atoms with Crippen LogP contribution in [0.2, 0.25) is 0 Å². The van der Waals surface area contributed by atoms with E-state index in [1.54, 1.807) is 0 Å². The van der Waals surface area contributed by atoms with Gasteiger partial charge in [0.25, 0.3) is 0 Å². The second-order valence-electron chi connectivity index (χ2n) is 3.55. The fourth-order valence-electron chi connectivity index (χ4n) is 1.62. The standard InChI is InChI=1S/C11H19BrN2/c1-3-11(4-2)14-9-7-10(13-14)6-5-8-12/h7,9,11H,3-6,8H2,1-2H3. The molecular weight excluding hydrogens is 240 g/mol.